The van der Waals surface area contributed by atoms with E-state index in [1.54, 1.807) is 0 Å². The fourth-order valence-electron chi connectivity index (χ4n) is 2.20. The molecule has 1 aromatic heterocycles. The Morgan fingerprint density at radius 3 is 2.33 bits per heavy atom. The SMILES string of the molecule is O=[N+]([O-])c1ccc(S(=O)(=O)Nc2ccc(Cl)c3c(Cl)c[nH]c23)cc1. The number of aromatic amines is 1. The number of aromatic nitrogens is 1. The number of nitrogens with zero attached hydrogens (tertiary/aromatic N) is 1. The number of H-pyrrole nitrogens is 1. The van der Waals surface area contributed by atoms with E-state index in [0.717, 1.165) is 24.3 Å². The Labute approximate surface area is 146 Å². The number of anilines is 1. The largest absolute Gasteiger partial charge is 0.358 e. The lowest BCUT2D eigenvalue weighted by atomic mass is 10.2. The molecule has 0 unspecified atom stereocenters. The zero-order valence-corrected chi connectivity index (χ0v) is 14.1. The van der Waals surface area contributed by atoms with Crippen LogP contribution in [0.2, 0.25) is 10.0 Å². The summed E-state index contributed by atoms with van der Waals surface area (Å²) in [5.41, 5.74) is 0.511. The van der Waals surface area contributed by atoms with Crippen molar-refractivity contribution in [1.29, 1.82) is 0 Å². The summed E-state index contributed by atoms with van der Waals surface area (Å²) < 4.78 is 27.3. The van der Waals surface area contributed by atoms with E-state index in [1.807, 2.05) is 0 Å². The summed E-state index contributed by atoms with van der Waals surface area (Å²) in [4.78, 5) is 12.8. The highest BCUT2D eigenvalue weighted by atomic mass is 35.5. The predicted molar refractivity (Wildman–Crippen MR) is 92.2 cm³/mol. The maximum Gasteiger partial charge on any atom is 0.269 e. The van der Waals surface area contributed by atoms with Gasteiger partial charge in [0.15, 0.2) is 0 Å². The van der Waals surface area contributed by atoms with Crippen molar-refractivity contribution in [2.24, 2.45) is 0 Å². The minimum atomic E-state index is -3.93. The van der Waals surface area contributed by atoms with Crippen molar-refractivity contribution in [3.63, 3.8) is 0 Å². The third-order valence-electron chi connectivity index (χ3n) is 3.34. The lowest BCUT2D eigenvalue weighted by Crippen LogP contribution is -2.13. The molecule has 0 radical (unpaired) electrons. The smallest absolute Gasteiger partial charge is 0.269 e. The van der Waals surface area contributed by atoms with Crippen LogP contribution in [0.25, 0.3) is 10.9 Å². The lowest BCUT2D eigenvalue weighted by molar-refractivity contribution is -0.384. The third kappa shape index (κ3) is 2.91. The molecule has 3 aromatic rings. The molecule has 0 saturated heterocycles. The van der Waals surface area contributed by atoms with Crippen molar-refractivity contribution in [1.82, 2.24) is 4.98 Å². The Balaban J connectivity index is 2.01. The molecule has 10 heteroatoms. The van der Waals surface area contributed by atoms with Gasteiger partial charge in [0.25, 0.3) is 15.7 Å². The summed E-state index contributed by atoms with van der Waals surface area (Å²) in [6, 6.07) is 7.59. The molecule has 2 aromatic carbocycles. The number of nitro groups is 1. The fourth-order valence-corrected chi connectivity index (χ4v) is 3.83. The number of non-ortho nitro benzene ring substituents is 1. The molecule has 0 spiro atoms. The molecule has 0 atom stereocenters. The van der Waals surface area contributed by atoms with Crippen molar-refractivity contribution < 1.29 is 13.3 Å². The van der Waals surface area contributed by atoms with Crippen LogP contribution < -0.4 is 4.72 Å². The van der Waals surface area contributed by atoms with Gasteiger partial charge in [0.1, 0.15) is 0 Å². The number of halogens is 2. The highest BCUT2D eigenvalue weighted by Crippen LogP contribution is 2.35. The van der Waals surface area contributed by atoms with Gasteiger partial charge in [-0.25, -0.2) is 8.42 Å². The second-order valence-corrected chi connectivity index (χ2v) is 7.33. The lowest BCUT2D eigenvalue weighted by Gasteiger charge is -2.10. The minimum Gasteiger partial charge on any atom is -0.358 e. The number of fused-ring (bicyclic) bond motifs is 1. The molecular weight excluding hydrogens is 377 g/mol. The van der Waals surface area contributed by atoms with Crippen LogP contribution in [0.15, 0.2) is 47.5 Å². The van der Waals surface area contributed by atoms with Gasteiger partial charge in [-0.15, -0.1) is 0 Å². The number of rotatable bonds is 4. The summed E-state index contributed by atoms with van der Waals surface area (Å²) in [7, 11) is -3.93. The van der Waals surface area contributed by atoms with E-state index >= 15 is 0 Å². The molecule has 0 saturated carbocycles. The van der Waals surface area contributed by atoms with Crippen LogP contribution in [-0.2, 0) is 10.0 Å². The summed E-state index contributed by atoms with van der Waals surface area (Å²) in [6.07, 6.45) is 1.50. The van der Waals surface area contributed by atoms with Gasteiger partial charge >= 0.3 is 0 Å². The highest BCUT2D eigenvalue weighted by Gasteiger charge is 2.19. The molecular formula is C14H9Cl2N3O4S. The van der Waals surface area contributed by atoms with Crippen LogP contribution in [0.4, 0.5) is 11.4 Å². The molecule has 3 rings (SSSR count). The van der Waals surface area contributed by atoms with Crippen molar-refractivity contribution in [2.75, 3.05) is 4.72 Å². The zero-order valence-electron chi connectivity index (χ0n) is 11.8. The Hall–Kier alpha value is -2.29. The van der Waals surface area contributed by atoms with Gasteiger partial charge < -0.3 is 4.98 Å². The fraction of sp³-hybridized carbons (Fsp3) is 0. The number of hydrogen-bond acceptors (Lipinski definition) is 4. The monoisotopic (exact) mass is 385 g/mol. The van der Waals surface area contributed by atoms with Gasteiger partial charge in [-0.3, -0.25) is 14.8 Å². The molecule has 0 bridgehead atoms. The van der Waals surface area contributed by atoms with Crippen LogP contribution in [0.1, 0.15) is 0 Å². The predicted octanol–water partition coefficient (Wildman–Crippen LogP) is 4.18. The van der Waals surface area contributed by atoms with Crippen LogP contribution in [-0.4, -0.2) is 18.3 Å². The Morgan fingerprint density at radius 1 is 1.04 bits per heavy atom. The Kier molecular flexibility index (Phi) is 4.12. The minimum absolute atomic E-state index is 0.103. The molecule has 0 aliphatic heterocycles. The van der Waals surface area contributed by atoms with Crippen LogP contribution >= 0.6 is 23.2 Å². The molecule has 24 heavy (non-hydrogen) atoms. The summed E-state index contributed by atoms with van der Waals surface area (Å²) in [5.74, 6) is 0. The van der Waals surface area contributed by atoms with Gasteiger partial charge in [0.2, 0.25) is 0 Å². The van der Waals surface area contributed by atoms with Crippen LogP contribution in [0, 0.1) is 10.1 Å². The maximum absolute atomic E-state index is 12.5. The van der Waals surface area contributed by atoms with Crippen LogP contribution in [0.3, 0.4) is 0 Å². The number of benzene rings is 2. The van der Waals surface area contributed by atoms with Gasteiger partial charge in [-0.2, -0.15) is 0 Å². The number of nitrogens with one attached hydrogen (secondary N) is 2. The van der Waals surface area contributed by atoms with Gasteiger partial charge in [0.05, 0.1) is 31.1 Å². The molecule has 2 N–H and O–H groups in total. The highest BCUT2D eigenvalue weighted by molar-refractivity contribution is 7.92. The van der Waals surface area contributed by atoms with E-state index in [-0.39, 0.29) is 16.3 Å². The normalized spacial score (nSPS) is 11.6. The van der Waals surface area contributed by atoms with E-state index in [1.165, 1.54) is 18.3 Å². The molecule has 0 amide bonds. The van der Waals surface area contributed by atoms with E-state index in [4.69, 9.17) is 23.2 Å². The van der Waals surface area contributed by atoms with E-state index in [9.17, 15) is 18.5 Å². The average Bonchev–Trinajstić information content (AvgIpc) is 2.93. The van der Waals surface area contributed by atoms with Gasteiger partial charge in [-0.05, 0) is 24.3 Å². The molecule has 1 heterocycles. The summed E-state index contributed by atoms with van der Waals surface area (Å²) in [5, 5.41) is 11.9. The van der Waals surface area contributed by atoms with E-state index in [0.29, 0.717) is 20.9 Å². The van der Waals surface area contributed by atoms with Gasteiger partial charge in [-0.1, -0.05) is 23.2 Å². The number of nitro benzene ring substituents is 1. The first-order valence-corrected chi connectivity index (χ1v) is 8.76. The second kappa shape index (κ2) is 5.97. The van der Waals surface area contributed by atoms with Crippen LogP contribution in [0.5, 0.6) is 0 Å². The van der Waals surface area contributed by atoms with Crippen molar-refractivity contribution in [2.45, 2.75) is 4.90 Å². The third-order valence-corrected chi connectivity index (χ3v) is 5.33. The first-order valence-electron chi connectivity index (χ1n) is 6.52. The Bertz CT molecular complexity index is 1050. The zero-order chi connectivity index (χ0) is 17.5. The molecule has 7 nitrogen and oxygen atoms in total. The molecule has 0 aliphatic rings. The first-order chi connectivity index (χ1) is 11.3. The van der Waals surface area contributed by atoms with Crippen molar-refractivity contribution in [3.05, 3.63) is 62.8 Å². The number of sulfonamides is 1. The number of hydrogen-bond donors (Lipinski definition) is 2. The summed E-state index contributed by atoms with van der Waals surface area (Å²) >= 11 is 12.1. The van der Waals surface area contributed by atoms with Crippen molar-refractivity contribution in [3.8, 4) is 0 Å². The van der Waals surface area contributed by atoms with E-state index in [2.05, 4.69) is 9.71 Å². The second-order valence-electron chi connectivity index (χ2n) is 4.84. The average molecular weight is 386 g/mol. The standard InChI is InChI=1S/C14H9Cl2N3O4S/c15-10-5-6-12(14-13(10)11(16)7-17-14)18-24(22,23)9-3-1-8(2-4-9)19(20)21/h1-7,17-18H. The first kappa shape index (κ1) is 16.6. The van der Waals surface area contributed by atoms with Crippen molar-refractivity contribution >= 4 is 55.5 Å². The molecule has 124 valence electrons. The van der Waals surface area contributed by atoms with Gasteiger partial charge in [0, 0.05) is 23.7 Å². The maximum atomic E-state index is 12.5. The Morgan fingerprint density at radius 2 is 1.71 bits per heavy atom. The quantitative estimate of drug-likeness (QED) is 0.518. The molecule has 0 fully saturated rings. The topological polar surface area (TPSA) is 105 Å². The van der Waals surface area contributed by atoms with E-state index < -0.39 is 14.9 Å². The molecule has 0 aliphatic carbocycles. The summed E-state index contributed by atoms with van der Waals surface area (Å²) in [6.45, 7) is 0.